The molecule has 0 fully saturated rings. The van der Waals surface area contributed by atoms with Gasteiger partial charge in [-0.1, -0.05) is 0 Å². The van der Waals surface area contributed by atoms with Gasteiger partial charge >= 0.3 is 11.6 Å². The monoisotopic (exact) mass is 136 g/mol. The van der Waals surface area contributed by atoms with Crippen molar-refractivity contribution in [2.24, 2.45) is 9.98 Å². The van der Waals surface area contributed by atoms with Gasteiger partial charge in [-0.2, -0.15) is 9.98 Å². The van der Waals surface area contributed by atoms with Gasteiger partial charge in [0.25, 0.3) is 0 Å². The molecule has 6 nitrogen and oxygen atoms in total. The first-order chi connectivity index (χ1) is 4.74. The van der Waals surface area contributed by atoms with Crippen LogP contribution in [0.1, 0.15) is 0 Å². The average molecular weight is 136 g/mol. The molecule has 6 heteroatoms. The summed E-state index contributed by atoms with van der Waals surface area (Å²) in [7, 11) is 0. The van der Waals surface area contributed by atoms with Crippen LogP contribution < -0.4 is 5.11 Å². The first-order valence-corrected chi connectivity index (χ1v) is 2.23. The number of hydrogen-bond acceptors (Lipinski definition) is 4. The molecular weight excluding hydrogens is 136 g/mol. The summed E-state index contributed by atoms with van der Waals surface area (Å²) >= 11 is 0. The van der Waals surface area contributed by atoms with Crippen LogP contribution in [0.5, 0.6) is 0 Å². The molecule has 0 unspecified atom stereocenters. The number of carbonyl (C=O) groups is 1. The molecule has 0 atom stereocenters. The van der Waals surface area contributed by atoms with Crippen molar-refractivity contribution in [2.45, 2.75) is 0 Å². The third-order valence-electron chi connectivity index (χ3n) is 0.757. The lowest BCUT2D eigenvalue weighted by molar-refractivity contribution is -0.217. The van der Waals surface area contributed by atoms with Crippen LogP contribution in [0.3, 0.4) is 0 Å². The van der Waals surface area contributed by atoms with Gasteiger partial charge in [0.05, 0.1) is 11.9 Å². The summed E-state index contributed by atoms with van der Waals surface area (Å²) in [4.78, 5) is 18.7. The third kappa shape index (κ3) is 0.891. The number of hydrogen-bond donors (Lipinski definition) is 0. The smallest absolute Gasteiger partial charge is 0.512 e. The van der Waals surface area contributed by atoms with Crippen LogP contribution in [-0.4, -0.2) is 17.8 Å². The predicted octanol–water partition coefficient (Wildman–Crippen LogP) is -1.35. The highest BCUT2D eigenvalue weighted by molar-refractivity contribution is 6.11. The average Bonchev–Trinajstić information content (AvgIpc) is 1.88. The van der Waals surface area contributed by atoms with Gasteiger partial charge in [-0.15, -0.1) is 0 Å². The van der Waals surface area contributed by atoms with Crippen LogP contribution in [0, 0.1) is 5.39 Å². The van der Waals surface area contributed by atoms with Gasteiger partial charge in [0.15, 0.2) is 4.98 Å². The highest BCUT2D eigenvalue weighted by Gasteiger charge is 2.23. The Hall–Kier alpha value is -1.99. The molecule has 1 aliphatic heterocycles. The summed E-state index contributed by atoms with van der Waals surface area (Å²) in [5, 5.41) is 18.2. The minimum Gasteiger partial charge on any atom is -0.844 e. The van der Waals surface area contributed by atoms with E-state index in [4.69, 9.17) is 5.39 Å². The summed E-state index contributed by atoms with van der Waals surface area (Å²) in [5.74, 6) is 0.972. The summed E-state index contributed by atoms with van der Waals surface area (Å²) in [6, 6.07) is -0.933. The SMILES string of the molecule is N#[N+]C1=C=NC([O-])=NC1=O. The fourth-order valence-electron chi connectivity index (χ4n) is 0.379. The maximum absolute atomic E-state index is 10.4. The van der Waals surface area contributed by atoms with Gasteiger partial charge < -0.3 is 5.11 Å². The molecule has 0 saturated heterocycles. The molecule has 0 radical (unpaired) electrons. The summed E-state index contributed by atoms with van der Waals surface area (Å²) in [6.45, 7) is 0. The van der Waals surface area contributed by atoms with E-state index in [0.29, 0.717) is 0 Å². The maximum atomic E-state index is 10.4. The number of amidine groups is 1. The summed E-state index contributed by atoms with van der Waals surface area (Å²) in [6.07, 6.45) is 0. The minimum atomic E-state index is -0.933. The van der Waals surface area contributed by atoms with Crippen LogP contribution in [-0.2, 0) is 4.79 Å². The van der Waals surface area contributed by atoms with E-state index < -0.39 is 17.6 Å². The Morgan fingerprint density at radius 2 is 2.40 bits per heavy atom. The van der Waals surface area contributed by atoms with E-state index in [2.05, 4.69) is 15.0 Å². The van der Waals surface area contributed by atoms with Crippen molar-refractivity contribution in [1.82, 2.24) is 0 Å². The fraction of sp³-hybridized carbons (Fsp3) is 0. The number of nitrogens with zero attached hydrogens (tertiary/aromatic N) is 4. The highest BCUT2D eigenvalue weighted by Crippen LogP contribution is 1.97. The Morgan fingerprint density at radius 3 is 2.90 bits per heavy atom. The van der Waals surface area contributed by atoms with Crippen LogP contribution >= 0.6 is 0 Å². The Morgan fingerprint density at radius 1 is 1.70 bits per heavy atom. The number of carbonyl (C=O) groups excluding carboxylic acids is 1. The highest BCUT2D eigenvalue weighted by atomic mass is 16.3. The van der Waals surface area contributed by atoms with E-state index in [-0.39, 0.29) is 0 Å². The molecule has 10 heavy (non-hydrogen) atoms. The fourth-order valence-corrected chi connectivity index (χ4v) is 0.379. The molecule has 0 N–H and O–H groups in total. The molecule has 0 bridgehead atoms. The van der Waals surface area contributed by atoms with E-state index in [9.17, 15) is 9.90 Å². The second-order valence-electron chi connectivity index (χ2n) is 1.37. The second kappa shape index (κ2) is 2.09. The van der Waals surface area contributed by atoms with Crippen molar-refractivity contribution in [2.75, 3.05) is 0 Å². The summed E-state index contributed by atoms with van der Waals surface area (Å²) in [5.41, 5.74) is -0.459. The third-order valence-corrected chi connectivity index (χ3v) is 0.757. The van der Waals surface area contributed by atoms with Crippen LogP contribution in [0.2, 0.25) is 0 Å². The van der Waals surface area contributed by atoms with Crippen molar-refractivity contribution in [3.05, 3.63) is 10.7 Å². The Kier molecular flexibility index (Phi) is 1.28. The Balaban J connectivity index is 3.16. The van der Waals surface area contributed by atoms with Crippen molar-refractivity contribution in [1.29, 1.82) is 5.39 Å². The van der Waals surface area contributed by atoms with Crippen molar-refractivity contribution in [3.63, 3.8) is 0 Å². The number of amides is 1. The number of aliphatic imine (C=N–C) groups is 2. The largest absolute Gasteiger partial charge is 0.844 e. The van der Waals surface area contributed by atoms with Crippen molar-refractivity contribution >= 4 is 17.8 Å². The first-order valence-electron chi connectivity index (χ1n) is 2.23. The standard InChI is InChI=1S/C4N4O2/c5-8-2-1-6-4(10)7-3(2)9. The Labute approximate surface area is 54.8 Å². The molecule has 1 amide bonds. The molecule has 0 spiro atoms. The van der Waals surface area contributed by atoms with E-state index in [1.165, 1.54) is 0 Å². The van der Waals surface area contributed by atoms with E-state index >= 15 is 0 Å². The zero-order valence-corrected chi connectivity index (χ0v) is 4.61. The quantitative estimate of drug-likeness (QED) is 0.385. The molecule has 1 rings (SSSR count). The van der Waals surface area contributed by atoms with Gasteiger partial charge in [-0.3, -0.25) is 4.79 Å². The lowest BCUT2D eigenvalue weighted by Gasteiger charge is -1.98. The molecule has 0 aromatic rings. The molecule has 0 aliphatic carbocycles. The number of diazo groups is 1. The molecule has 0 aromatic heterocycles. The lowest BCUT2D eigenvalue weighted by Crippen LogP contribution is -2.19. The molecular formula is C4N4O2. The van der Waals surface area contributed by atoms with Crippen LogP contribution in [0.4, 0.5) is 0 Å². The van der Waals surface area contributed by atoms with Gasteiger partial charge in [0.1, 0.15) is 0 Å². The zero-order chi connectivity index (χ0) is 7.56. The first kappa shape index (κ1) is 6.13. The topological polar surface area (TPSA) is 93.0 Å². The van der Waals surface area contributed by atoms with E-state index in [1.54, 1.807) is 0 Å². The summed E-state index contributed by atoms with van der Waals surface area (Å²) < 4.78 is 0. The van der Waals surface area contributed by atoms with Gasteiger partial charge in [-0.25, -0.2) is 0 Å². The van der Waals surface area contributed by atoms with Crippen molar-refractivity contribution < 1.29 is 9.90 Å². The minimum absolute atomic E-state index is 0.459. The zero-order valence-electron chi connectivity index (χ0n) is 4.61. The predicted molar refractivity (Wildman–Crippen MR) is 28.5 cm³/mol. The molecule has 0 saturated carbocycles. The van der Waals surface area contributed by atoms with Gasteiger partial charge in [0, 0.05) is 0 Å². The maximum Gasteiger partial charge on any atom is 0.512 e. The van der Waals surface area contributed by atoms with Crippen molar-refractivity contribution in [3.8, 4) is 0 Å². The van der Waals surface area contributed by atoms with Crippen LogP contribution in [0.25, 0.3) is 4.98 Å². The molecule has 0 aromatic carbocycles. The van der Waals surface area contributed by atoms with E-state index in [0.717, 1.165) is 0 Å². The normalized spacial score (nSPS) is 15.7. The lowest BCUT2D eigenvalue weighted by atomic mass is 10.5. The molecule has 1 heterocycles. The van der Waals surface area contributed by atoms with E-state index in [1.807, 2.05) is 5.87 Å². The van der Waals surface area contributed by atoms with Gasteiger partial charge in [0.2, 0.25) is 5.39 Å². The Bertz CT molecular complexity index is 315. The molecule has 48 valence electrons. The molecule has 1 aliphatic rings. The number of rotatable bonds is 0. The second-order valence-corrected chi connectivity index (χ2v) is 1.37. The van der Waals surface area contributed by atoms with Gasteiger partial charge in [-0.05, 0) is 0 Å². The van der Waals surface area contributed by atoms with Crippen LogP contribution in [0.15, 0.2) is 15.7 Å².